The molecule has 21 heavy (non-hydrogen) atoms. The van der Waals surface area contributed by atoms with Crippen LogP contribution >= 0.6 is 15.9 Å². The molecule has 0 fully saturated rings. The third-order valence-electron chi connectivity index (χ3n) is 3.39. The largest absolute Gasteiger partial charge is 0.464 e. The zero-order valence-corrected chi connectivity index (χ0v) is 12.6. The lowest BCUT2D eigenvalue weighted by molar-refractivity contribution is 0.582. The highest BCUT2D eigenvalue weighted by atomic mass is 79.9. The summed E-state index contributed by atoms with van der Waals surface area (Å²) in [5.74, 6) is 1.72. The first-order valence-electron chi connectivity index (χ1n) is 6.59. The van der Waals surface area contributed by atoms with Crippen LogP contribution in [0.1, 0.15) is 0 Å². The SMILES string of the molecule is Brc1ccc2nc(-c3cccc(-c4ccco4)c3)[nH]c2c1. The minimum absolute atomic E-state index is 0.857. The van der Waals surface area contributed by atoms with Crippen molar-refractivity contribution in [3.05, 3.63) is 65.3 Å². The lowest BCUT2D eigenvalue weighted by Crippen LogP contribution is -1.81. The Balaban J connectivity index is 1.83. The maximum absolute atomic E-state index is 5.45. The van der Waals surface area contributed by atoms with Gasteiger partial charge in [-0.15, -0.1) is 0 Å². The zero-order valence-electron chi connectivity index (χ0n) is 11.0. The van der Waals surface area contributed by atoms with Crippen molar-refractivity contribution in [1.29, 1.82) is 0 Å². The van der Waals surface area contributed by atoms with Gasteiger partial charge < -0.3 is 9.40 Å². The lowest BCUT2D eigenvalue weighted by Gasteiger charge is -2.00. The van der Waals surface area contributed by atoms with Crippen molar-refractivity contribution >= 4 is 27.0 Å². The van der Waals surface area contributed by atoms with Gasteiger partial charge in [-0.3, -0.25) is 0 Å². The van der Waals surface area contributed by atoms with Crippen LogP contribution in [0, 0.1) is 0 Å². The molecule has 2 heterocycles. The molecule has 4 aromatic rings. The molecule has 4 heteroatoms. The Morgan fingerprint density at radius 1 is 0.952 bits per heavy atom. The molecule has 2 aromatic carbocycles. The number of hydrogen-bond acceptors (Lipinski definition) is 2. The Kier molecular flexibility index (Phi) is 2.89. The number of hydrogen-bond donors (Lipinski definition) is 1. The van der Waals surface area contributed by atoms with Crippen LogP contribution in [-0.2, 0) is 0 Å². The van der Waals surface area contributed by atoms with Crippen molar-refractivity contribution in [1.82, 2.24) is 9.97 Å². The maximum atomic E-state index is 5.45. The van der Waals surface area contributed by atoms with Gasteiger partial charge in [0, 0.05) is 15.6 Å². The number of nitrogens with zero attached hydrogens (tertiary/aromatic N) is 1. The monoisotopic (exact) mass is 338 g/mol. The van der Waals surface area contributed by atoms with Crippen molar-refractivity contribution in [3.63, 3.8) is 0 Å². The third-order valence-corrected chi connectivity index (χ3v) is 3.88. The van der Waals surface area contributed by atoms with Gasteiger partial charge in [-0.1, -0.05) is 34.1 Å². The normalized spacial score (nSPS) is 11.1. The average molecular weight is 339 g/mol. The number of halogens is 1. The van der Waals surface area contributed by atoms with Crippen LogP contribution in [0.3, 0.4) is 0 Å². The number of furan rings is 1. The van der Waals surface area contributed by atoms with E-state index in [4.69, 9.17) is 4.42 Å². The first-order valence-corrected chi connectivity index (χ1v) is 7.38. The van der Waals surface area contributed by atoms with E-state index in [2.05, 4.69) is 32.0 Å². The summed E-state index contributed by atoms with van der Waals surface area (Å²) in [7, 11) is 0. The van der Waals surface area contributed by atoms with Crippen molar-refractivity contribution in [2.45, 2.75) is 0 Å². The minimum atomic E-state index is 0.857. The van der Waals surface area contributed by atoms with Crippen LogP contribution in [0.25, 0.3) is 33.7 Å². The van der Waals surface area contributed by atoms with Gasteiger partial charge in [0.2, 0.25) is 0 Å². The molecule has 102 valence electrons. The minimum Gasteiger partial charge on any atom is -0.464 e. The molecule has 0 aliphatic carbocycles. The van der Waals surface area contributed by atoms with Crippen LogP contribution in [0.2, 0.25) is 0 Å². The topological polar surface area (TPSA) is 41.8 Å². The summed E-state index contributed by atoms with van der Waals surface area (Å²) < 4.78 is 6.48. The van der Waals surface area contributed by atoms with E-state index in [1.807, 2.05) is 48.5 Å². The van der Waals surface area contributed by atoms with Crippen LogP contribution in [0.5, 0.6) is 0 Å². The Bertz CT molecular complexity index is 910. The maximum Gasteiger partial charge on any atom is 0.138 e. The number of imidazole rings is 1. The van der Waals surface area contributed by atoms with Crippen LogP contribution in [0.15, 0.2) is 69.8 Å². The number of H-pyrrole nitrogens is 1. The van der Waals surface area contributed by atoms with Gasteiger partial charge in [-0.25, -0.2) is 4.98 Å². The van der Waals surface area contributed by atoms with E-state index in [-0.39, 0.29) is 0 Å². The first kappa shape index (κ1) is 12.4. The lowest BCUT2D eigenvalue weighted by atomic mass is 10.1. The van der Waals surface area contributed by atoms with Crippen LogP contribution < -0.4 is 0 Å². The van der Waals surface area contributed by atoms with Crippen molar-refractivity contribution < 1.29 is 4.42 Å². The quantitative estimate of drug-likeness (QED) is 0.542. The summed E-state index contributed by atoms with van der Waals surface area (Å²) in [5.41, 5.74) is 4.05. The third kappa shape index (κ3) is 2.28. The number of fused-ring (bicyclic) bond motifs is 1. The smallest absolute Gasteiger partial charge is 0.138 e. The first-order chi connectivity index (χ1) is 10.3. The van der Waals surface area contributed by atoms with E-state index in [0.717, 1.165) is 38.2 Å². The van der Waals surface area contributed by atoms with E-state index < -0.39 is 0 Å². The zero-order chi connectivity index (χ0) is 14.2. The highest BCUT2D eigenvalue weighted by Gasteiger charge is 2.08. The number of aromatic nitrogens is 2. The summed E-state index contributed by atoms with van der Waals surface area (Å²) in [6.07, 6.45) is 1.68. The molecule has 0 unspecified atom stereocenters. The fraction of sp³-hybridized carbons (Fsp3) is 0. The molecule has 0 bridgehead atoms. The van der Waals surface area contributed by atoms with Gasteiger partial charge in [0.1, 0.15) is 11.6 Å². The molecule has 3 nitrogen and oxygen atoms in total. The van der Waals surface area contributed by atoms with E-state index in [9.17, 15) is 0 Å². The fourth-order valence-corrected chi connectivity index (χ4v) is 2.74. The molecule has 0 saturated carbocycles. The van der Waals surface area contributed by atoms with E-state index in [1.54, 1.807) is 6.26 Å². The number of benzene rings is 2. The molecule has 2 aromatic heterocycles. The number of aromatic amines is 1. The molecule has 4 rings (SSSR count). The molecule has 0 spiro atoms. The highest BCUT2D eigenvalue weighted by Crippen LogP contribution is 2.27. The fourth-order valence-electron chi connectivity index (χ4n) is 2.38. The summed E-state index contributed by atoms with van der Waals surface area (Å²) >= 11 is 3.48. The Morgan fingerprint density at radius 2 is 1.86 bits per heavy atom. The summed E-state index contributed by atoms with van der Waals surface area (Å²) in [4.78, 5) is 7.99. The second-order valence-corrected chi connectivity index (χ2v) is 5.72. The van der Waals surface area contributed by atoms with Crippen LogP contribution in [0.4, 0.5) is 0 Å². The van der Waals surface area contributed by atoms with E-state index in [0.29, 0.717) is 0 Å². The molecule has 0 aliphatic heterocycles. The van der Waals surface area contributed by atoms with Gasteiger partial charge in [0.05, 0.1) is 17.3 Å². The molecule has 1 N–H and O–H groups in total. The predicted molar refractivity (Wildman–Crippen MR) is 86.9 cm³/mol. The van der Waals surface area contributed by atoms with Crippen molar-refractivity contribution in [2.24, 2.45) is 0 Å². The standard InChI is InChI=1S/C17H11BrN2O/c18-13-6-7-14-15(10-13)20-17(19-14)12-4-1-3-11(9-12)16-5-2-8-21-16/h1-10H,(H,19,20). The van der Waals surface area contributed by atoms with Gasteiger partial charge in [0.15, 0.2) is 0 Å². The van der Waals surface area contributed by atoms with Gasteiger partial charge in [-0.05, 0) is 36.4 Å². The molecular weight excluding hydrogens is 328 g/mol. The second kappa shape index (κ2) is 4.90. The second-order valence-electron chi connectivity index (χ2n) is 4.80. The molecule has 0 aliphatic rings. The molecule has 0 amide bonds. The number of rotatable bonds is 2. The molecule has 0 radical (unpaired) electrons. The summed E-state index contributed by atoms with van der Waals surface area (Å²) in [5, 5.41) is 0. The highest BCUT2D eigenvalue weighted by molar-refractivity contribution is 9.10. The van der Waals surface area contributed by atoms with Crippen molar-refractivity contribution in [3.8, 4) is 22.7 Å². The van der Waals surface area contributed by atoms with Crippen molar-refractivity contribution in [2.75, 3.05) is 0 Å². The van der Waals surface area contributed by atoms with Gasteiger partial charge in [-0.2, -0.15) is 0 Å². The Labute approximate surface area is 129 Å². The summed E-state index contributed by atoms with van der Waals surface area (Å²) in [6, 6.07) is 18.0. The van der Waals surface area contributed by atoms with Crippen LogP contribution in [-0.4, -0.2) is 9.97 Å². The van der Waals surface area contributed by atoms with E-state index in [1.165, 1.54) is 0 Å². The average Bonchev–Trinajstić information content (AvgIpc) is 3.16. The molecule has 0 saturated heterocycles. The van der Waals surface area contributed by atoms with Gasteiger partial charge >= 0.3 is 0 Å². The summed E-state index contributed by atoms with van der Waals surface area (Å²) in [6.45, 7) is 0. The molecular formula is C17H11BrN2O. The Hall–Kier alpha value is -2.33. The van der Waals surface area contributed by atoms with E-state index >= 15 is 0 Å². The Morgan fingerprint density at radius 3 is 2.71 bits per heavy atom. The number of nitrogens with one attached hydrogen (secondary N) is 1. The predicted octanol–water partition coefficient (Wildman–Crippen LogP) is 5.25. The van der Waals surface area contributed by atoms with Gasteiger partial charge in [0.25, 0.3) is 0 Å². The molecule has 0 atom stereocenters.